The van der Waals surface area contributed by atoms with E-state index in [1.165, 1.54) is 0 Å². The van der Waals surface area contributed by atoms with Crippen LogP contribution in [0, 0.1) is 22.7 Å². The van der Waals surface area contributed by atoms with E-state index < -0.39 is 0 Å². The van der Waals surface area contributed by atoms with Crippen molar-refractivity contribution in [3.05, 3.63) is 11.3 Å². The van der Waals surface area contributed by atoms with Gasteiger partial charge in [0.1, 0.15) is 6.07 Å². The molecule has 0 saturated heterocycles. The molecule has 1 rings (SSSR count). The number of hydrogen-bond donors (Lipinski definition) is 0. The number of aliphatic imine (C=N–C) groups is 1. The van der Waals surface area contributed by atoms with E-state index in [2.05, 4.69) is 4.99 Å². The van der Waals surface area contributed by atoms with Crippen molar-refractivity contribution >= 4 is 11.5 Å². The summed E-state index contributed by atoms with van der Waals surface area (Å²) in [7, 11) is 0. The predicted octanol–water partition coefficient (Wildman–Crippen LogP) is 1.11. The molecule has 0 radical (unpaired) electrons. The van der Waals surface area contributed by atoms with Crippen LogP contribution in [-0.4, -0.2) is 11.5 Å². The minimum atomic E-state index is -0.155. The van der Waals surface area contributed by atoms with Crippen LogP contribution in [0.25, 0.3) is 0 Å². The molecular weight excluding hydrogens is 166 g/mol. The molecule has 0 spiro atoms. The van der Waals surface area contributed by atoms with Crippen LogP contribution in [0.2, 0.25) is 0 Å². The lowest BCUT2D eigenvalue weighted by Gasteiger charge is -2.08. The zero-order valence-electron chi connectivity index (χ0n) is 7.16. The normalized spacial score (nSPS) is 16.2. The first-order chi connectivity index (χ1) is 6.22. The minimum Gasteiger partial charge on any atom is -0.292 e. The van der Waals surface area contributed by atoms with Gasteiger partial charge in [-0.15, -0.1) is 0 Å². The van der Waals surface area contributed by atoms with E-state index >= 15 is 0 Å². The molecule has 1 heterocycles. The second kappa shape index (κ2) is 3.64. The lowest BCUT2D eigenvalue weighted by Crippen LogP contribution is -2.18. The molecule has 0 aliphatic carbocycles. The van der Waals surface area contributed by atoms with Gasteiger partial charge in [-0.05, 0) is 6.42 Å². The summed E-state index contributed by atoms with van der Waals surface area (Å²) < 4.78 is 0. The monoisotopic (exact) mass is 173 g/mol. The molecular formula is C9H7N3O. The molecule has 0 unspecified atom stereocenters. The fourth-order valence-electron chi connectivity index (χ4n) is 1.07. The quantitative estimate of drug-likeness (QED) is 0.595. The number of carbonyl (C=O) groups is 1. The van der Waals surface area contributed by atoms with Gasteiger partial charge >= 0.3 is 0 Å². The number of nitriles is 2. The van der Waals surface area contributed by atoms with Crippen LogP contribution in [-0.2, 0) is 4.79 Å². The molecule has 0 N–H and O–H groups in total. The van der Waals surface area contributed by atoms with Gasteiger partial charge < -0.3 is 0 Å². The maximum absolute atomic E-state index is 11.2. The largest absolute Gasteiger partial charge is 0.292 e. The maximum Gasteiger partial charge on any atom is 0.182 e. The Bertz CT molecular complexity index is 390. The Morgan fingerprint density at radius 1 is 1.46 bits per heavy atom. The Hall–Kier alpha value is -1.94. The van der Waals surface area contributed by atoms with Crippen LogP contribution >= 0.6 is 0 Å². The summed E-state index contributed by atoms with van der Waals surface area (Å²) in [5.41, 5.74) is 0.638. The molecule has 0 atom stereocenters. The summed E-state index contributed by atoms with van der Waals surface area (Å²) in [6, 6.07) is 3.62. The van der Waals surface area contributed by atoms with Crippen molar-refractivity contribution < 1.29 is 4.79 Å². The summed E-state index contributed by atoms with van der Waals surface area (Å²) in [5.74, 6) is -0.155. The van der Waals surface area contributed by atoms with E-state index in [0.717, 1.165) is 0 Å². The Morgan fingerprint density at radius 3 is 2.62 bits per heavy atom. The third-order valence-electron chi connectivity index (χ3n) is 1.77. The van der Waals surface area contributed by atoms with Gasteiger partial charge in [0.05, 0.1) is 23.8 Å². The molecule has 4 heteroatoms. The van der Waals surface area contributed by atoms with Gasteiger partial charge in [0.15, 0.2) is 11.5 Å². The standard InChI is InChI=1S/C9H7N3O/c1-2-7-9(13)3-6(4-10)8(5-11)12-7/h2-3H2,1H3. The molecule has 1 aliphatic heterocycles. The first kappa shape index (κ1) is 9.15. The fourth-order valence-corrected chi connectivity index (χ4v) is 1.07. The lowest BCUT2D eigenvalue weighted by atomic mass is 10.0. The van der Waals surface area contributed by atoms with Gasteiger partial charge in [-0.1, -0.05) is 6.92 Å². The van der Waals surface area contributed by atoms with Crippen molar-refractivity contribution in [2.24, 2.45) is 4.99 Å². The molecule has 0 saturated carbocycles. The average molecular weight is 173 g/mol. The average Bonchev–Trinajstić information content (AvgIpc) is 2.17. The van der Waals surface area contributed by atoms with Crippen molar-refractivity contribution in [2.45, 2.75) is 19.8 Å². The third kappa shape index (κ3) is 1.62. The van der Waals surface area contributed by atoms with E-state index in [1.807, 2.05) is 12.1 Å². The van der Waals surface area contributed by atoms with Crippen molar-refractivity contribution in [3.8, 4) is 12.1 Å². The Balaban J connectivity index is 3.17. The summed E-state index contributed by atoms with van der Waals surface area (Å²) >= 11 is 0. The van der Waals surface area contributed by atoms with E-state index in [-0.39, 0.29) is 23.5 Å². The second-order valence-electron chi connectivity index (χ2n) is 2.56. The highest BCUT2D eigenvalue weighted by Crippen LogP contribution is 2.16. The number of Topliss-reactive ketones (excluding diaryl/α,β-unsaturated/α-hetero) is 1. The Morgan fingerprint density at radius 2 is 2.15 bits per heavy atom. The SMILES string of the molecule is CCC1=NC(C#N)=C(C#N)CC1=O. The van der Waals surface area contributed by atoms with Gasteiger partial charge in [-0.2, -0.15) is 10.5 Å². The number of rotatable bonds is 1. The summed E-state index contributed by atoms with van der Waals surface area (Å²) in [5, 5.41) is 17.2. The number of nitrogens with zero attached hydrogens (tertiary/aromatic N) is 3. The van der Waals surface area contributed by atoms with Gasteiger partial charge in [-0.25, -0.2) is 4.99 Å². The fraction of sp³-hybridized carbons (Fsp3) is 0.333. The molecule has 13 heavy (non-hydrogen) atoms. The second-order valence-corrected chi connectivity index (χ2v) is 2.56. The van der Waals surface area contributed by atoms with Gasteiger partial charge in [-0.3, -0.25) is 4.79 Å². The van der Waals surface area contributed by atoms with Crippen LogP contribution in [0.1, 0.15) is 19.8 Å². The van der Waals surface area contributed by atoms with Gasteiger partial charge in [0, 0.05) is 0 Å². The molecule has 0 aromatic carbocycles. The number of hydrogen-bond acceptors (Lipinski definition) is 4. The highest BCUT2D eigenvalue weighted by atomic mass is 16.1. The van der Waals surface area contributed by atoms with Crippen LogP contribution in [0.3, 0.4) is 0 Å². The lowest BCUT2D eigenvalue weighted by molar-refractivity contribution is -0.112. The number of allylic oxidation sites excluding steroid dienone is 2. The molecule has 0 fully saturated rings. The highest BCUT2D eigenvalue weighted by Gasteiger charge is 2.20. The van der Waals surface area contributed by atoms with Crippen LogP contribution in [0.4, 0.5) is 0 Å². The summed E-state index contributed by atoms with van der Waals surface area (Å²) in [6.45, 7) is 1.79. The van der Waals surface area contributed by atoms with E-state index in [1.54, 1.807) is 6.92 Å². The van der Waals surface area contributed by atoms with E-state index in [4.69, 9.17) is 10.5 Å². The van der Waals surface area contributed by atoms with Gasteiger partial charge in [0.2, 0.25) is 0 Å². The predicted molar refractivity (Wildman–Crippen MR) is 45.6 cm³/mol. The first-order valence-electron chi connectivity index (χ1n) is 3.87. The van der Waals surface area contributed by atoms with E-state index in [0.29, 0.717) is 12.1 Å². The molecule has 4 nitrogen and oxygen atoms in total. The Kier molecular flexibility index (Phi) is 2.56. The molecule has 0 aromatic rings. The highest BCUT2D eigenvalue weighted by molar-refractivity contribution is 6.41. The summed E-state index contributed by atoms with van der Waals surface area (Å²) in [4.78, 5) is 15.0. The summed E-state index contributed by atoms with van der Waals surface area (Å²) in [6.07, 6.45) is 0.523. The topological polar surface area (TPSA) is 77.0 Å². The molecule has 64 valence electrons. The molecule has 0 aromatic heterocycles. The molecule has 1 aliphatic rings. The molecule has 0 amide bonds. The number of ketones is 1. The third-order valence-corrected chi connectivity index (χ3v) is 1.77. The van der Waals surface area contributed by atoms with Crippen molar-refractivity contribution in [2.75, 3.05) is 0 Å². The van der Waals surface area contributed by atoms with E-state index in [9.17, 15) is 4.79 Å². The van der Waals surface area contributed by atoms with Crippen molar-refractivity contribution in [3.63, 3.8) is 0 Å². The van der Waals surface area contributed by atoms with Crippen LogP contribution in [0.15, 0.2) is 16.3 Å². The first-order valence-corrected chi connectivity index (χ1v) is 3.87. The smallest absolute Gasteiger partial charge is 0.182 e. The van der Waals surface area contributed by atoms with Crippen molar-refractivity contribution in [1.82, 2.24) is 0 Å². The molecule has 0 bridgehead atoms. The number of carbonyl (C=O) groups excluding carboxylic acids is 1. The zero-order valence-corrected chi connectivity index (χ0v) is 7.16. The van der Waals surface area contributed by atoms with Crippen LogP contribution < -0.4 is 0 Å². The zero-order chi connectivity index (χ0) is 9.84. The van der Waals surface area contributed by atoms with Gasteiger partial charge in [0.25, 0.3) is 0 Å². The minimum absolute atomic E-state index is 0.0199. The maximum atomic E-state index is 11.2. The van der Waals surface area contributed by atoms with Crippen LogP contribution in [0.5, 0.6) is 0 Å². The van der Waals surface area contributed by atoms with Crippen molar-refractivity contribution in [1.29, 1.82) is 10.5 Å². The Labute approximate surface area is 75.8 Å².